The Labute approximate surface area is 226 Å². The summed E-state index contributed by atoms with van der Waals surface area (Å²) in [6.45, 7) is 8.69. The summed E-state index contributed by atoms with van der Waals surface area (Å²) < 4.78 is 5.56. The maximum Gasteiger partial charge on any atom is 0.166 e. The van der Waals surface area contributed by atoms with Gasteiger partial charge in [0.15, 0.2) is 5.78 Å². The van der Waals surface area contributed by atoms with Crippen molar-refractivity contribution in [2.45, 2.75) is 58.5 Å². The van der Waals surface area contributed by atoms with Gasteiger partial charge in [0.1, 0.15) is 17.6 Å². The van der Waals surface area contributed by atoms with Crippen LogP contribution in [0.15, 0.2) is 47.6 Å². The van der Waals surface area contributed by atoms with E-state index in [0.29, 0.717) is 30.6 Å². The van der Waals surface area contributed by atoms with Crippen LogP contribution in [-0.4, -0.2) is 67.5 Å². The molecule has 6 heteroatoms. The standard InChI is InChI=1S/C32H42N2O4/c1-31-13-12-24-22(9-8-21-18-27(35)28(36)19-32(21,24)2)23(31)10-11-25(31)29(37)20-33-14-16-34(17-15-33)26-6-4-5-7-30(26)38-3/h4-7,12,18,22-23,25,27,35H,8-11,13-17,19-20H2,1-3H3/t22-,23-,25+,27?,31-,32-/m0/s1. The van der Waals surface area contributed by atoms with E-state index >= 15 is 0 Å². The molecular weight excluding hydrogens is 476 g/mol. The molecule has 1 N–H and O–H groups in total. The number of fused-ring (bicyclic) bond motifs is 5. The first kappa shape index (κ1) is 25.8. The van der Waals surface area contributed by atoms with Crippen molar-refractivity contribution < 1.29 is 19.4 Å². The number of methoxy groups -OCH3 is 1. The third-order valence-corrected chi connectivity index (χ3v) is 10.9. The first-order chi connectivity index (χ1) is 18.2. The van der Waals surface area contributed by atoms with E-state index in [4.69, 9.17) is 4.74 Å². The van der Waals surface area contributed by atoms with Crippen LogP contribution in [0.2, 0.25) is 0 Å². The zero-order chi connectivity index (χ0) is 26.7. The van der Waals surface area contributed by atoms with E-state index in [1.165, 1.54) is 11.1 Å². The summed E-state index contributed by atoms with van der Waals surface area (Å²) in [5, 5.41) is 10.1. The molecule has 0 aromatic heterocycles. The second kappa shape index (κ2) is 9.63. The first-order valence-electron chi connectivity index (χ1n) is 14.5. The van der Waals surface area contributed by atoms with Crippen molar-refractivity contribution in [3.8, 4) is 5.75 Å². The van der Waals surface area contributed by atoms with Gasteiger partial charge in [0, 0.05) is 43.9 Å². The van der Waals surface area contributed by atoms with Gasteiger partial charge in [-0.1, -0.05) is 43.2 Å². The lowest BCUT2D eigenvalue weighted by molar-refractivity contribution is -0.128. The third kappa shape index (κ3) is 4.06. The number of nitrogens with zero attached hydrogens (tertiary/aromatic N) is 2. The van der Waals surface area contributed by atoms with E-state index in [2.05, 4.69) is 35.8 Å². The fourth-order valence-electron chi connectivity index (χ4n) is 8.80. The zero-order valence-electron chi connectivity index (χ0n) is 23.1. The molecule has 6 atom stereocenters. The van der Waals surface area contributed by atoms with Gasteiger partial charge in [-0.2, -0.15) is 0 Å². The van der Waals surface area contributed by atoms with Gasteiger partial charge in [-0.15, -0.1) is 0 Å². The van der Waals surface area contributed by atoms with Crippen LogP contribution in [0.4, 0.5) is 5.69 Å². The highest BCUT2D eigenvalue weighted by Crippen LogP contribution is 2.64. The van der Waals surface area contributed by atoms with E-state index in [-0.39, 0.29) is 22.5 Å². The van der Waals surface area contributed by atoms with Gasteiger partial charge in [-0.25, -0.2) is 0 Å². The van der Waals surface area contributed by atoms with E-state index in [9.17, 15) is 14.7 Å². The third-order valence-electron chi connectivity index (χ3n) is 10.9. The maximum atomic E-state index is 13.8. The van der Waals surface area contributed by atoms with Gasteiger partial charge < -0.3 is 14.7 Å². The van der Waals surface area contributed by atoms with Crippen LogP contribution in [0, 0.1) is 28.6 Å². The summed E-state index contributed by atoms with van der Waals surface area (Å²) in [6, 6.07) is 8.16. The number of hydrogen-bond acceptors (Lipinski definition) is 6. The molecule has 2 saturated carbocycles. The lowest BCUT2D eigenvalue weighted by Crippen LogP contribution is -2.50. The number of aliphatic hydroxyl groups excluding tert-OH is 1. The highest BCUT2D eigenvalue weighted by Gasteiger charge is 2.57. The Morgan fingerprint density at radius 1 is 1.11 bits per heavy atom. The van der Waals surface area contributed by atoms with Crippen molar-refractivity contribution in [1.82, 2.24) is 4.90 Å². The summed E-state index contributed by atoms with van der Waals surface area (Å²) in [5.41, 5.74) is 3.54. The van der Waals surface area contributed by atoms with Gasteiger partial charge in [0.2, 0.25) is 0 Å². The Kier molecular flexibility index (Phi) is 6.55. The number of Topliss-reactive ketones (excluding diaryl/α,β-unsaturated/α-hetero) is 2. The summed E-state index contributed by atoms with van der Waals surface area (Å²) in [4.78, 5) is 31.0. The SMILES string of the molecule is COc1ccccc1N1CCN(CC(=O)[C@H]2CC[C@H]3[C@@H]4CCC5=CC(O)C(=O)C[C@]5(C)C4=CC[C@]23C)CC1. The van der Waals surface area contributed by atoms with Crippen molar-refractivity contribution in [2.75, 3.05) is 44.7 Å². The fourth-order valence-corrected chi connectivity index (χ4v) is 8.80. The number of allylic oxidation sites excluding steroid dienone is 3. The molecule has 4 aliphatic carbocycles. The highest BCUT2D eigenvalue weighted by atomic mass is 16.5. The van der Waals surface area contributed by atoms with Crippen molar-refractivity contribution in [3.05, 3.63) is 47.6 Å². The van der Waals surface area contributed by atoms with Gasteiger partial charge >= 0.3 is 0 Å². The largest absolute Gasteiger partial charge is 0.495 e. The van der Waals surface area contributed by atoms with Crippen molar-refractivity contribution in [3.63, 3.8) is 0 Å². The van der Waals surface area contributed by atoms with Crippen molar-refractivity contribution >= 4 is 17.3 Å². The molecular formula is C32H42N2O4. The van der Waals surface area contributed by atoms with E-state index in [1.807, 2.05) is 24.3 Å². The number of ketones is 2. The van der Waals surface area contributed by atoms with E-state index in [1.54, 1.807) is 7.11 Å². The molecule has 0 bridgehead atoms. The fraction of sp³-hybridized carbons (Fsp3) is 0.625. The molecule has 1 aromatic rings. The molecule has 6 nitrogen and oxygen atoms in total. The average Bonchev–Trinajstić information content (AvgIpc) is 3.27. The van der Waals surface area contributed by atoms with Crippen LogP contribution in [0.3, 0.4) is 0 Å². The number of benzene rings is 1. The maximum absolute atomic E-state index is 13.8. The van der Waals surface area contributed by atoms with Gasteiger partial charge in [0.05, 0.1) is 19.3 Å². The molecule has 3 fully saturated rings. The molecule has 1 saturated heterocycles. The average molecular weight is 519 g/mol. The molecule has 1 aliphatic heterocycles. The molecule has 204 valence electrons. The van der Waals surface area contributed by atoms with Gasteiger partial charge in [0.25, 0.3) is 0 Å². The Morgan fingerprint density at radius 2 is 1.87 bits per heavy atom. The van der Waals surface area contributed by atoms with Gasteiger partial charge in [-0.05, 0) is 67.6 Å². The predicted molar refractivity (Wildman–Crippen MR) is 148 cm³/mol. The van der Waals surface area contributed by atoms with Crippen LogP contribution < -0.4 is 9.64 Å². The van der Waals surface area contributed by atoms with Crippen LogP contribution in [0.1, 0.15) is 52.4 Å². The smallest absolute Gasteiger partial charge is 0.166 e. The summed E-state index contributed by atoms with van der Waals surface area (Å²) in [6.07, 6.45) is 8.72. The quantitative estimate of drug-likeness (QED) is 0.582. The number of ether oxygens (including phenoxy) is 1. The summed E-state index contributed by atoms with van der Waals surface area (Å²) >= 11 is 0. The van der Waals surface area contributed by atoms with Crippen molar-refractivity contribution in [2.24, 2.45) is 28.6 Å². The lowest BCUT2D eigenvalue weighted by Gasteiger charge is -2.53. The number of hydrogen-bond donors (Lipinski definition) is 1. The van der Waals surface area contributed by atoms with E-state index < -0.39 is 6.10 Å². The Bertz CT molecular complexity index is 1180. The van der Waals surface area contributed by atoms with Gasteiger partial charge in [-0.3, -0.25) is 14.5 Å². The van der Waals surface area contributed by atoms with Crippen LogP contribution >= 0.6 is 0 Å². The normalized spacial score (nSPS) is 37.1. The minimum absolute atomic E-state index is 0.000242. The van der Waals surface area contributed by atoms with Crippen LogP contribution in [0.25, 0.3) is 0 Å². The minimum atomic E-state index is -0.936. The van der Waals surface area contributed by atoms with Crippen molar-refractivity contribution in [1.29, 1.82) is 0 Å². The second-order valence-electron chi connectivity index (χ2n) is 12.8. The summed E-state index contributed by atoms with van der Waals surface area (Å²) in [5.74, 6) is 2.31. The Hall–Kier alpha value is -2.44. The van der Waals surface area contributed by atoms with E-state index in [0.717, 1.165) is 69.7 Å². The Morgan fingerprint density at radius 3 is 2.63 bits per heavy atom. The molecule has 38 heavy (non-hydrogen) atoms. The predicted octanol–water partition coefficient (Wildman–Crippen LogP) is 4.43. The molecule has 0 spiro atoms. The topological polar surface area (TPSA) is 70.1 Å². The van der Waals surface area contributed by atoms with Crippen LogP contribution in [-0.2, 0) is 9.59 Å². The molecule has 1 aromatic carbocycles. The monoisotopic (exact) mass is 518 g/mol. The number of carbonyl (C=O) groups excluding carboxylic acids is 2. The number of rotatable bonds is 5. The lowest BCUT2D eigenvalue weighted by atomic mass is 9.51. The molecule has 5 aliphatic rings. The summed E-state index contributed by atoms with van der Waals surface area (Å²) in [7, 11) is 1.72. The number of para-hydroxylation sites is 2. The second-order valence-corrected chi connectivity index (χ2v) is 12.8. The Balaban J connectivity index is 1.13. The number of aliphatic hydroxyl groups is 1. The molecule has 0 radical (unpaired) electrons. The number of anilines is 1. The number of piperazine rings is 1. The first-order valence-corrected chi connectivity index (χ1v) is 14.5. The zero-order valence-corrected chi connectivity index (χ0v) is 23.1. The molecule has 6 rings (SSSR count). The minimum Gasteiger partial charge on any atom is -0.495 e. The molecule has 1 heterocycles. The van der Waals surface area contributed by atoms with Crippen LogP contribution in [0.5, 0.6) is 5.75 Å². The molecule has 1 unspecified atom stereocenters. The number of carbonyl (C=O) groups is 2. The molecule has 0 amide bonds. The highest BCUT2D eigenvalue weighted by molar-refractivity contribution is 5.88.